The van der Waals surface area contributed by atoms with Gasteiger partial charge < -0.3 is 18.9 Å². The van der Waals surface area contributed by atoms with Gasteiger partial charge in [0.25, 0.3) is 0 Å². The normalized spacial score (nSPS) is 49.4. The van der Waals surface area contributed by atoms with Crippen molar-refractivity contribution < 1.29 is 23.7 Å². The molecule has 0 aromatic heterocycles. The van der Waals surface area contributed by atoms with E-state index in [1.165, 1.54) is 18.4 Å². The average Bonchev–Trinajstić information content (AvgIpc) is 3.37. The van der Waals surface area contributed by atoms with E-state index in [0.717, 1.165) is 6.42 Å². The van der Waals surface area contributed by atoms with Crippen molar-refractivity contribution in [2.45, 2.75) is 62.1 Å². The summed E-state index contributed by atoms with van der Waals surface area (Å²) in [6, 6.07) is 0. The van der Waals surface area contributed by atoms with Gasteiger partial charge in [-0.3, -0.25) is 4.79 Å². The minimum Gasteiger partial charge on any atom is -0.373 e. The van der Waals surface area contributed by atoms with Gasteiger partial charge in [-0.05, 0) is 26.2 Å². The number of methoxy groups -OCH3 is 2. The van der Waals surface area contributed by atoms with Gasteiger partial charge in [0, 0.05) is 20.6 Å². The largest absolute Gasteiger partial charge is 0.373 e. The molecule has 122 valence electrons. The van der Waals surface area contributed by atoms with Crippen molar-refractivity contribution in [2.75, 3.05) is 20.8 Å². The molecule has 4 aliphatic rings. The van der Waals surface area contributed by atoms with E-state index in [2.05, 4.69) is 13.0 Å². The lowest BCUT2D eigenvalue weighted by Gasteiger charge is -2.40. The van der Waals surface area contributed by atoms with Crippen molar-refractivity contribution >= 4 is 5.78 Å². The fourth-order valence-corrected chi connectivity index (χ4v) is 4.21. The molecule has 0 aromatic rings. The number of hydrogen-bond donors (Lipinski definition) is 0. The first kappa shape index (κ1) is 14.8. The van der Waals surface area contributed by atoms with Crippen LogP contribution in [0.15, 0.2) is 11.6 Å². The average molecular weight is 308 g/mol. The van der Waals surface area contributed by atoms with E-state index < -0.39 is 12.2 Å². The maximum absolute atomic E-state index is 12.6. The fourth-order valence-electron chi connectivity index (χ4n) is 4.21. The van der Waals surface area contributed by atoms with Gasteiger partial charge in [0.15, 0.2) is 5.78 Å². The highest BCUT2D eigenvalue weighted by atomic mass is 16.6. The number of allylic oxidation sites excluding steroid dienone is 1. The molecule has 2 aliphatic heterocycles. The van der Waals surface area contributed by atoms with Crippen LogP contribution in [0.3, 0.4) is 0 Å². The monoisotopic (exact) mass is 308 g/mol. The molecular formula is C17H24O5. The first-order valence-corrected chi connectivity index (χ1v) is 8.13. The molecule has 0 bridgehead atoms. The van der Waals surface area contributed by atoms with E-state index in [0.29, 0.717) is 13.0 Å². The number of hydrogen-bond acceptors (Lipinski definition) is 5. The van der Waals surface area contributed by atoms with Crippen LogP contribution in [0, 0.1) is 5.92 Å². The van der Waals surface area contributed by atoms with Gasteiger partial charge in [0.05, 0.1) is 18.6 Å². The minimum absolute atomic E-state index is 0.0205. The maximum atomic E-state index is 12.6. The molecule has 2 aliphatic carbocycles. The number of carbonyl (C=O) groups excluding carboxylic acids is 1. The molecule has 0 N–H and O–H groups in total. The Labute approximate surface area is 130 Å². The molecule has 0 radical (unpaired) electrons. The van der Waals surface area contributed by atoms with Gasteiger partial charge in [-0.2, -0.15) is 0 Å². The van der Waals surface area contributed by atoms with Crippen LogP contribution < -0.4 is 0 Å². The van der Waals surface area contributed by atoms with Gasteiger partial charge in [-0.1, -0.05) is 11.6 Å². The summed E-state index contributed by atoms with van der Waals surface area (Å²) >= 11 is 0. The number of epoxide rings is 2. The highest BCUT2D eigenvalue weighted by molar-refractivity contribution is 5.89. The molecule has 5 nitrogen and oxygen atoms in total. The number of ether oxygens (including phenoxy) is 4. The molecule has 1 spiro atoms. The Morgan fingerprint density at radius 1 is 1.32 bits per heavy atom. The predicted molar refractivity (Wildman–Crippen MR) is 78.6 cm³/mol. The molecule has 2 saturated carbocycles. The van der Waals surface area contributed by atoms with Crippen molar-refractivity contribution in [3.05, 3.63) is 11.6 Å². The quantitative estimate of drug-likeness (QED) is 0.571. The molecular weight excluding hydrogens is 284 g/mol. The van der Waals surface area contributed by atoms with Crippen molar-refractivity contribution in [1.29, 1.82) is 0 Å². The summed E-state index contributed by atoms with van der Waals surface area (Å²) in [5.41, 5.74) is 0.876. The molecule has 5 heteroatoms. The molecule has 22 heavy (non-hydrogen) atoms. The van der Waals surface area contributed by atoms with Crippen LogP contribution in [-0.4, -0.2) is 56.1 Å². The summed E-state index contributed by atoms with van der Waals surface area (Å²) in [4.78, 5) is 12.6. The van der Waals surface area contributed by atoms with Gasteiger partial charge in [0.2, 0.25) is 0 Å². The van der Waals surface area contributed by atoms with E-state index in [1.54, 1.807) is 14.2 Å². The molecule has 0 amide bonds. The number of rotatable bonds is 5. The Hall–Kier alpha value is -0.750. The summed E-state index contributed by atoms with van der Waals surface area (Å²) in [5, 5.41) is 0. The van der Waals surface area contributed by atoms with E-state index >= 15 is 0 Å². The van der Waals surface area contributed by atoms with Crippen LogP contribution in [0.2, 0.25) is 0 Å². The van der Waals surface area contributed by atoms with Crippen molar-refractivity contribution in [3.63, 3.8) is 0 Å². The molecule has 6 atom stereocenters. The Morgan fingerprint density at radius 2 is 2.05 bits per heavy atom. The predicted octanol–water partition coefficient (Wildman–Crippen LogP) is 1.64. The standard InChI is InChI=1S/C17H24O5/c1-16(12(22-16)7-6-10-4-5-10)15-14(20-3)13(18)11(19-2)8-17(15)9-21-17/h6,11-12,14-15H,4-5,7-9H2,1-3H3/t11-,12-,14-,15-,16+,17+/m1/s1. The van der Waals surface area contributed by atoms with Gasteiger partial charge in [-0.15, -0.1) is 0 Å². The van der Waals surface area contributed by atoms with Crippen LogP contribution in [0.1, 0.15) is 32.6 Å². The summed E-state index contributed by atoms with van der Waals surface area (Å²) in [7, 11) is 3.17. The van der Waals surface area contributed by atoms with Crippen LogP contribution in [0.4, 0.5) is 0 Å². The molecule has 2 saturated heterocycles. The second kappa shape index (κ2) is 4.87. The second-order valence-corrected chi connectivity index (χ2v) is 7.21. The molecule has 4 fully saturated rings. The second-order valence-electron chi connectivity index (χ2n) is 7.21. The smallest absolute Gasteiger partial charge is 0.190 e. The lowest BCUT2D eigenvalue weighted by Crippen LogP contribution is -2.58. The molecule has 0 aromatic carbocycles. The molecule has 4 rings (SSSR count). The van der Waals surface area contributed by atoms with Crippen LogP contribution in [0.5, 0.6) is 0 Å². The van der Waals surface area contributed by atoms with Crippen molar-refractivity contribution in [3.8, 4) is 0 Å². The van der Waals surface area contributed by atoms with Crippen molar-refractivity contribution in [2.24, 2.45) is 5.92 Å². The van der Waals surface area contributed by atoms with E-state index in [4.69, 9.17) is 18.9 Å². The third-order valence-corrected chi connectivity index (χ3v) is 5.81. The van der Waals surface area contributed by atoms with Gasteiger partial charge in [-0.25, -0.2) is 0 Å². The van der Waals surface area contributed by atoms with Crippen molar-refractivity contribution in [1.82, 2.24) is 0 Å². The summed E-state index contributed by atoms with van der Waals surface area (Å²) in [6.07, 6.45) is 5.51. The zero-order valence-corrected chi connectivity index (χ0v) is 13.5. The third-order valence-electron chi connectivity index (χ3n) is 5.81. The van der Waals surface area contributed by atoms with Gasteiger partial charge >= 0.3 is 0 Å². The Kier molecular flexibility index (Phi) is 3.28. The van der Waals surface area contributed by atoms with E-state index in [1.807, 2.05) is 0 Å². The van der Waals surface area contributed by atoms with Crippen LogP contribution >= 0.6 is 0 Å². The fraction of sp³-hybridized carbons (Fsp3) is 0.824. The summed E-state index contributed by atoms with van der Waals surface area (Å²) < 4.78 is 22.8. The maximum Gasteiger partial charge on any atom is 0.190 e. The summed E-state index contributed by atoms with van der Waals surface area (Å²) in [5.74, 6) is -0.0290. The number of carbonyl (C=O) groups is 1. The highest BCUT2D eigenvalue weighted by Crippen LogP contribution is 2.59. The Balaban J connectivity index is 1.56. The van der Waals surface area contributed by atoms with E-state index in [-0.39, 0.29) is 29.0 Å². The minimum atomic E-state index is -0.509. The Morgan fingerprint density at radius 3 is 2.59 bits per heavy atom. The first-order valence-electron chi connectivity index (χ1n) is 8.13. The molecule has 2 heterocycles. The first-order chi connectivity index (χ1) is 10.5. The topological polar surface area (TPSA) is 60.6 Å². The molecule has 0 unspecified atom stereocenters. The number of Topliss-reactive ketones (excluding diaryl/α,β-unsaturated/α-hetero) is 1. The van der Waals surface area contributed by atoms with Gasteiger partial charge in [0.1, 0.15) is 23.4 Å². The SMILES string of the molecule is CO[C@@H]1C(=O)[C@H](OC)C[C@]2(CO2)[C@H]1[C@@]1(C)O[C@@H]1CC=C1CC1. The highest BCUT2D eigenvalue weighted by Gasteiger charge is 2.73. The number of ketones is 1. The van der Waals surface area contributed by atoms with E-state index in [9.17, 15) is 4.79 Å². The third kappa shape index (κ3) is 2.18. The Bertz CT molecular complexity index is 517. The van der Waals surface area contributed by atoms with Crippen LogP contribution in [0.25, 0.3) is 0 Å². The summed E-state index contributed by atoms with van der Waals surface area (Å²) in [6.45, 7) is 2.76. The van der Waals surface area contributed by atoms with Crippen LogP contribution in [-0.2, 0) is 23.7 Å². The zero-order chi connectivity index (χ0) is 15.5. The zero-order valence-electron chi connectivity index (χ0n) is 13.5. The lowest BCUT2D eigenvalue weighted by molar-refractivity contribution is -0.157. The lowest BCUT2D eigenvalue weighted by atomic mass is 9.68.